The summed E-state index contributed by atoms with van der Waals surface area (Å²) in [7, 11) is 8.70. The molecule has 6 N–H and O–H groups in total. The summed E-state index contributed by atoms with van der Waals surface area (Å²) >= 11 is 3.70. The first kappa shape index (κ1) is 55.2. The number of nitrogens with zero attached hydrogens (tertiary/aromatic N) is 2. The standard InChI is InChI=1S/C27H39N3O2S.C15H21NO3.C12H20N2S/c1-5-20(2)21-11-13-22(14-12-21)28-25(31)9-6-10-26(32)29-23-15-17-27(18-16-23,30(3)4)24-8-7-19-33-24;1-2-3-5-12-8-10-13(11-9-12)16-14(17)6-4-7-15(18)19;1-14(2)12(11-4-3-9-15-11)7-5-10(13)6-8-12/h7-8,11-14,19-20,23H,5-6,9-10,15-18H2,1-4H3,(H,28,31)(H,29,32);8-11H,2-7H2,1H3,(H,16,17)(H,18,19);3-4,9-10H,5-8,13H2,1-2H3. The molecule has 2 fully saturated rings. The monoisotopic (exact) mass is 957 g/mol. The van der Waals surface area contributed by atoms with Gasteiger partial charge in [-0.15, -0.1) is 22.7 Å². The summed E-state index contributed by atoms with van der Waals surface area (Å²) < 4.78 is 0. The second-order valence-electron chi connectivity index (χ2n) is 18.9. The Balaban J connectivity index is 0.000000243. The van der Waals surface area contributed by atoms with Gasteiger partial charge in [0, 0.05) is 58.9 Å². The number of carboxylic acid groups (broad SMARTS) is 1. The van der Waals surface area contributed by atoms with Crippen LogP contribution in [0.1, 0.15) is 157 Å². The maximum atomic E-state index is 12.5. The average Bonchev–Trinajstić information content (AvgIpc) is 4.07. The van der Waals surface area contributed by atoms with Crippen LogP contribution in [-0.4, -0.2) is 78.9 Å². The third kappa shape index (κ3) is 17.6. The highest BCUT2D eigenvalue weighted by atomic mass is 32.1. The van der Waals surface area contributed by atoms with E-state index in [9.17, 15) is 19.2 Å². The number of nitrogens with two attached hydrogens (primary N) is 1. The smallest absolute Gasteiger partial charge is 0.303 e. The van der Waals surface area contributed by atoms with Gasteiger partial charge in [0.05, 0.1) is 11.1 Å². The number of anilines is 2. The second-order valence-corrected chi connectivity index (χ2v) is 20.8. The molecule has 1 unspecified atom stereocenters. The lowest BCUT2D eigenvalue weighted by Crippen LogP contribution is -2.48. The number of benzene rings is 2. The zero-order valence-corrected chi connectivity index (χ0v) is 43.0. The molecule has 4 aromatic rings. The van der Waals surface area contributed by atoms with E-state index in [-0.39, 0.29) is 47.7 Å². The maximum Gasteiger partial charge on any atom is 0.303 e. The fourth-order valence-electron chi connectivity index (χ4n) is 9.09. The molecule has 2 aliphatic rings. The van der Waals surface area contributed by atoms with E-state index < -0.39 is 5.97 Å². The van der Waals surface area contributed by atoms with Gasteiger partial charge in [0.25, 0.3) is 0 Å². The van der Waals surface area contributed by atoms with Gasteiger partial charge in [0.15, 0.2) is 0 Å². The topological polar surface area (TPSA) is 157 Å². The summed E-state index contributed by atoms with van der Waals surface area (Å²) in [4.78, 5) is 54.2. The first-order valence-electron chi connectivity index (χ1n) is 24.6. The molecule has 0 aliphatic heterocycles. The summed E-state index contributed by atoms with van der Waals surface area (Å²) in [6, 6.07) is 25.3. The molecule has 2 aromatic carbocycles. The summed E-state index contributed by atoms with van der Waals surface area (Å²) in [5.74, 6) is -0.467. The summed E-state index contributed by atoms with van der Waals surface area (Å²) in [6.45, 7) is 6.53. The predicted molar refractivity (Wildman–Crippen MR) is 279 cm³/mol. The first-order chi connectivity index (χ1) is 32.1. The lowest BCUT2D eigenvalue weighted by atomic mass is 9.77. The van der Waals surface area contributed by atoms with Crippen LogP contribution in [0.5, 0.6) is 0 Å². The van der Waals surface area contributed by atoms with Crippen molar-refractivity contribution in [1.82, 2.24) is 15.1 Å². The Labute approximate surface area is 409 Å². The Bertz CT molecular complexity index is 2040. The van der Waals surface area contributed by atoms with Crippen LogP contribution in [0.2, 0.25) is 0 Å². The molecule has 2 saturated carbocycles. The maximum absolute atomic E-state index is 12.5. The van der Waals surface area contributed by atoms with Gasteiger partial charge in [0.1, 0.15) is 0 Å². The molecule has 0 spiro atoms. The van der Waals surface area contributed by atoms with E-state index in [2.05, 4.69) is 122 Å². The molecule has 368 valence electrons. The van der Waals surface area contributed by atoms with Crippen molar-refractivity contribution in [3.05, 3.63) is 104 Å². The Morgan fingerprint density at radius 3 is 1.57 bits per heavy atom. The highest BCUT2D eigenvalue weighted by Gasteiger charge is 2.40. The highest BCUT2D eigenvalue weighted by molar-refractivity contribution is 7.10. The van der Waals surface area contributed by atoms with Crippen LogP contribution in [0.3, 0.4) is 0 Å². The third-order valence-corrected chi connectivity index (χ3v) is 15.9. The Hall–Kier alpha value is -4.40. The normalized spacial score (nSPS) is 20.7. The van der Waals surface area contributed by atoms with E-state index in [0.29, 0.717) is 37.6 Å². The highest BCUT2D eigenvalue weighted by Crippen LogP contribution is 2.44. The van der Waals surface area contributed by atoms with Gasteiger partial charge in [-0.2, -0.15) is 0 Å². The zero-order chi connectivity index (χ0) is 48.8. The van der Waals surface area contributed by atoms with Gasteiger partial charge in [-0.05, 0) is 176 Å². The van der Waals surface area contributed by atoms with E-state index in [1.165, 1.54) is 46.6 Å². The van der Waals surface area contributed by atoms with Crippen molar-refractivity contribution in [2.24, 2.45) is 5.73 Å². The average molecular weight is 957 g/mol. The van der Waals surface area contributed by atoms with Crippen molar-refractivity contribution in [2.75, 3.05) is 38.8 Å². The van der Waals surface area contributed by atoms with E-state index in [1.54, 1.807) is 0 Å². The number of hydrogen-bond acceptors (Lipinski definition) is 9. The van der Waals surface area contributed by atoms with E-state index in [4.69, 9.17) is 10.8 Å². The number of thiophene rings is 2. The molecule has 6 rings (SSSR count). The van der Waals surface area contributed by atoms with Crippen LogP contribution in [-0.2, 0) is 36.7 Å². The number of aryl methyl sites for hydroxylation is 1. The van der Waals surface area contributed by atoms with Crippen LogP contribution in [0, 0.1) is 0 Å². The molecule has 13 heteroatoms. The SMILES string of the molecule is CCC(C)c1ccc(NC(=O)CCCC(=O)NC2CCC(c3cccs3)(N(C)C)CC2)cc1.CCCCc1ccc(NC(=O)CCCC(=O)O)cc1.CN(C)C1(c2cccs2)CCC(N)CC1. The molecule has 11 nitrogen and oxygen atoms in total. The molecule has 67 heavy (non-hydrogen) atoms. The van der Waals surface area contributed by atoms with Gasteiger partial charge in [-0.3, -0.25) is 29.0 Å². The minimum Gasteiger partial charge on any atom is -0.481 e. The molecular weight excluding hydrogens is 877 g/mol. The predicted octanol–water partition coefficient (Wildman–Crippen LogP) is 11.5. The van der Waals surface area contributed by atoms with Gasteiger partial charge in [-0.25, -0.2) is 0 Å². The Morgan fingerprint density at radius 2 is 1.13 bits per heavy atom. The number of hydrogen-bond donors (Lipinski definition) is 5. The zero-order valence-electron chi connectivity index (χ0n) is 41.4. The molecule has 3 amide bonds. The van der Waals surface area contributed by atoms with E-state index >= 15 is 0 Å². The molecule has 0 saturated heterocycles. The number of carboxylic acids is 1. The van der Waals surface area contributed by atoms with E-state index in [1.807, 2.05) is 59.1 Å². The molecule has 2 aromatic heterocycles. The van der Waals surface area contributed by atoms with Crippen molar-refractivity contribution in [2.45, 2.75) is 165 Å². The molecular formula is C54H80N6O5S2. The summed E-state index contributed by atoms with van der Waals surface area (Å²) in [5.41, 5.74) is 10.5. The second kappa shape index (κ2) is 28.2. The van der Waals surface area contributed by atoms with Crippen molar-refractivity contribution in [1.29, 1.82) is 0 Å². The number of amides is 3. The van der Waals surface area contributed by atoms with Crippen molar-refractivity contribution in [3.8, 4) is 0 Å². The van der Waals surface area contributed by atoms with Crippen LogP contribution >= 0.6 is 22.7 Å². The molecule has 0 radical (unpaired) electrons. The fraction of sp³-hybridized carbons (Fsp3) is 0.556. The van der Waals surface area contributed by atoms with Crippen LogP contribution in [0.15, 0.2) is 83.6 Å². The quantitative estimate of drug-likeness (QED) is 0.0586. The van der Waals surface area contributed by atoms with Gasteiger partial charge < -0.3 is 26.8 Å². The molecule has 0 bridgehead atoms. The number of aliphatic carboxylic acids is 1. The Morgan fingerprint density at radius 1 is 0.672 bits per heavy atom. The number of rotatable bonds is 20. The Kier molecular flexibility index (Phi) is 23.2. The molecule has 2 heterocycles. The minimum atomic E-state index is -0.868. The van der Waals surface area contributed by atoms with Crippen molar-refractivity contribution in [3.63, 3.8) is 0 Å². The number of carbonyl (C=O) groups excluding carboxylic acids is 3. The largest absolute Gasteiger partial charge is 0.481 e. The number of unbranched alkanes of at least 4 members (excludes halogenated alkanes) is 1. The van der Waals surface area contributed by atoms with Gasteiger partial charge in [0.2, 0.25) is 17.7 Å². The van der Waals surface area contributed by atoms with Gasteiger partial charge >= 0.3 is 5.97 Å². The first-order valence-corrected chi connectivity index (χ1v) is 26.3. The minimum absolute atomic E-state index is 0.0311. The lowest BCUT2D eigenvalue weighted by molar-refractivity contribution is -0.137. The van der Waals surface area contributed by atoms with Crippen LogP contribution < -0.4 is 21.7 Å². The third-order valence-electron chi connectivity index (χ3n) is 13.7. The number of nitrogens with one attached hydrogen (secondary N) is 3. The fourth-order valence-corrected chi connectivity index (χ4v) is 11.2. The van der Waals surface area contributed by atoms with Gasteiger partial charge in [-0.1, -0.05) is 63.6 Å². The number of carbonyl (C=O) groups is 4. The van der Waals surface area contributed by atoms with E-state index in [0.717, 1.165) is 62.7 Å². The van der Waals surface area contributed by atoms with Crippen molar-refractivity contribution < 1.29 is 24.3 Å². The van der Waals surface area contributed by atoms with Crippen LogP contribution in [0.25, 0.3) is 0 Å². The van der Waals surface area contributed by atoms with Crippen LogP contribution in [0.4, 0.5) is 11.4 Å². The lowest BCUT2D eigenvalue weighted by Gasteiger charge is -2.44. The summed E-state index contributed by atoms with van der Waals surface area (Å²) in [5, 5.41) is 21.7. The molecule has 2 aliphatic carbocycles. The summed E-state index contributed by atoms with van der Waals surface area (Å²) in [6.07, 6.45) is 15.2. The molecule has 1 atom stereocenters. The van der Waals surface area contributed by atoms with Crippen molar-refractivity contribution >= 4 is 57.7 Å².